The van der Waals surface area contributed by atoms with Crippen LogP contribution in [-0.4, -0.2) is 18.0 Å². The number of ketones is 1. The fourth-order valence-electron chi connectivity index (χ4n) is 3.14. The van der Waals surface area contributed by atoms with E-state index in [1.165, 1.54) is 0 Å². The van der Waals surface area contributed by atoms with Crippen molar-refractivity contribution in [2.45, 2.75) is 26.5 Å². The summed E-state index contributed by atoms with van der Waals surface area (Å²) in [5, 5.41) is 7.33. The van der Waals surface area contributed by atoms with Crippen LogP contribution in [0.25, 0.3) is 0 Å². The molecule has 0 bridgehead atoms. The van der Waals surface area contributed by atoms with Crippen molar-refractivity contribution in [3.8, 4) is 11.5 Å². The second kappa shape index (κ2) is 8.63. The van der Waals surface area contributed by atoms with Gasteiger partial charge in [-0.3, -0.25) is 4.79 Å². The van der Waals surface area contributed by atoms with E-state index in [-0.39, 0.29) is 11.8 Å². The molecule has 1 aliphatic rings. The van der Waals surface area contributed by atoms with Crippen molar-refractivity contribution < 1.29 is 14.3 Å². The summed E-state index contributed by atoms with van der Waals surface area (Å²) in [5.74, 6) is 1.17. The second-order valence-electron chi connectivity index (χ2n) is 6.45. The van der Waals surface area contributed by atoms with Crippen molar-refractivity contribution >= 4 is 34.7 Å². The van der Waals surface area contributed by atoms with Crippen LogP contribution in [0.5, 0.6) is 11.5 Å². The summed E-state index contributed by atoms with van der Waals surface area (Å²) in [6.07, 6.45) is 0. The van der Waals surface area contributed by atoms with Crippen LogP contribution in [-0.2, 0) is 11.4 Å². The molecule has 1 atom stereocenters. The average molecular weight is 417 g/mol. The van der Waals surface area contributed by atoms with Gasteiger partial charge in [0.2, 0.25) is 0 Å². The number of hydrogen-bond acceptors (Lipinski definition) is 4. The number of nitrogens with one attached hydrogen (secondary N) is 2. The highest BCUT2D eigenvalue weighted by atomic mass is 35.5. The lowest BCUT2D eigenvalue weighted by Crippen LogP contribution is -2.44. The Morgan fingerprint density at radius 2 is 1.89 bits per heavy atom. The van der Waals surface area contributed by atoms with E-state index in [0.29, 0.717) is 33.8 Å². The summed E-state index contributed by atoms with van der Waals surface area (Å²) in [5.41, 5.74) is 3.26. The maximum atomic E-state index is 12.2. The van der Waals surface area contributed by atoms with Gasteiger partial charge in [0, 0.05) is 16.3 Å². The molecule has 5 nitrogen and oxygen atoms in total. The van der Waals surface area contributed by atoms with Gasteiger partial charge in [0.05, 0.1) is 13.2 Å². The topological polar surface area (TPSA) is 59.6 Å². The van der Waals surface area contributed by atoms with Gasteiger partial charge in [-0.05, 0) is 61.5 Å². The van der Waals surface area contributed by atoms with Crippen molar-refractivity contribution in [2.75, 3.05) is 7.11 Å². The second-order valence-corrected chi connectivity index (χ2v) is 7.30. The highest BCUT2D eigenvalue weighted by Gasteiger charge is 2.28. The molecule has 28 heavy (non-hydrogen) atoms. The van der Waals surface area contributed by atoms with E-state index in [1.807, 2.05) is 49.4 Å². The molecule has 1 unspecified atom stereocenters. The molecular formula is C21H21ClN2O3S. The van der Waals surface area contributed by atoms with Gasteiger partial charge in [-0.15, -0.1) is 0 Å². The number of ether oxygens (including phenoxy) is 2. The van der Waals surface area contributed by atoms with Crippen LogP contribution in [0.3, 0.4) is 0 Å². The van der Waals surface area contributed by atoms with Crippen LogP contribution in [0.2, 0.25) is 5.02 Å². The van der Waals surface area contributed by atoms with Crippen LogP contribution in [0.15, 0.2) is 53.7 Å². The molecule has 2 aromatic rings. The number of benzene rings is 2. The van der Waals surface area contributed by atoms with E-state index >= 15 is 0 Å². The minimum Gasteiger partial charge on any atom is -0.493 e. The molecule has 1 aliphatic heterocycles. The molecule has 0 fully saturated rings. The quantitative estimate of drug-likeness (QED) is 0.684. The van der Waals surface area contributed by atoms with Crippen molar-refractivity contribution in [3.63, 3.8) is 0 Å². The van der Waals surface area contributed by atoms with Crippen LogP contribution in [0.1, 0.15) is 31.0 Å². The number of hydrogen-bond donors (Lipinski definition) is 2. The van der Waals surface area contributed by atoms with Gasteiger partial charge in [0.1, 0.15) is 6.61 Å². The first-order chi connectivity index (χ1) is 13.4. The fraction of sp³-hybridized carbons (Fsp3) is 0.238. The maximum Gasteiger partial charge on any atom is 0.171 e. The zero-order chi connectivity index (χ0) is 20.3. The van der Waals surface area contributed by atoms with Gasteiger partial charge in [0.25, 0.3) is 0 Å². The smallest absolute Gasteiger partial charge is 0.171 e. The summed E-state index contributed by atoms with van der Waals surface area (Å²) in [4.78, 5) is 12.2. The molecule has 7 heteroatoms. The summed E-state index contributed by atoms with van der Waals surface area (Å²) in [6, 6.07) is 12.7. The maximum absolute atomic E-state index is 12.2. The molecule has 2 N–H and O–H groups in total. The van der Waals surface area contributed by atoms with Crippen molar-refractivity contribution in [2.24, 2.45) is 0 Å². The average Bonchev–Trinajstić information content (AvgIpc) is 2.66. The summed E-state index contributed by atoms with van der Waals surface area (Å²) >= 11 is 11.2. The molecule has 0 aliphatic carbocycles. The van der Waals surface area contributed by atoms with E-state index in [1.54, 1.807) is 14.0 Å². The lowest BCUT2D eigenvalue weighted by Gasteiger charge is -2.30. The molecule has 0 saturated carbocycles. The first-order valence-electron chi connectivity index (χ1n) is 8.73. The Balaban J connectivity index is 1.86. The molecule has 0 spiro atoms. The number of rotatable bonds is 6. The minimum absolute atomic E-state index is 0.0213. The number of carbonyl (C=O) groups excluding carboxylic acids is 1. The van der Waals surface area contributed by atoms with E-state index < -0.39 is 0 Å². The number of Topliss-reactive ketones (excluding diaryl/α,β-unsaturated/α-hetero) is 1. The SMILES string of the molecule is COc1cc(C2NC(=S)NC(C)=C2C(C)=O)ccc1OCc1ccc(Cl)cc1. The third-order valence-corrected chi connectivity index (χ3v) is 4.95. The van der Waals surface area contributed by atoms with Crippen LogP contribution in [0.4, 0.5) is 0 Å². The predicted molar refractivity (Wildman–Crippen MR) is 114 cm³/mol. The molecule has 1 heterocycles. The molecule has 0 saturated heterocycles. The predicted octanol–water partition coefficient (Wildman–Crippen LogP) is 4.31. The number of carbonyl (C=O) groups is 1. The van der Waals surface area contributed by atoms with Crippen molar-refractivity contribution in [1.29, 1.82) is 0 Å². The van der Waals surface area contributed by atoms with E-state index in [9.17, 15) is 4.79 Å². The van der Waals surface area contributed by atoms with Gasteiger partial charge >= 0.3 is 0 Å². The normalized spacial score (nSPS) is 16.3. The van der Waals surface area contributed by atoms with Crippen LogP contribution in [0, 0.1) is 0 Å². The number of methoxy groups -OCH3 is 1. The molecule has 0 aromatic heterocycles. The third-order valence-electron chi connectivity index (χ3n) is 4.48. The van der Waals surface area contributed by atoms with E-state index in [4.69, 9.17) is 33.3 Å². The van der Waals surface area contributed by atoms with Crippen molar-refractivity contribution in [3.05, 3.63) is 69.9 Å². The Bertz CT molecular complexity index is 941. The highest BCUT2D eigenvalue weighted by molar-refractivity contribution is 7.80. The zero-order valence-electron chi connectivity index (χ0n) is 15.8. The van der Waals surface area contributed by atoms with Gasteiger partial charge in [0.15, 0.2) is 22.4 Å². The number of allylic oxidation sites excluding steroid dienone is 1. The number of thiocarbonyl (C=S) groups is 1. The Morgan fingerprint density at radius 3 is 2.54 bits per heavy atom. The van der Waals surface area contributed by atoms with Crippen LogP contribution < -0.4 is 20.1 Å². The largest absolute Gasteiger partial charge is 0.493 e. The first kappa shape index (κ1) is 20.2. The molecule has 0 amide bonds. The summed E-state index contributed by atoms with van der Waals surface area (Å²) in [6.45, 7) is 3.78. The molecule has 146 valence electrons. The molecule has 3 rings (SSSR count). The lowest BCUT2D eigenvalue weighted by atomic mass is 9.93. The van der Waals surface area contributed by atoms with Crippen LogP contribution >= 0.6 is 23.8 Å². The molecular weight excluding hydrogens is 396 g/mol. The Labute approximate surface area is 174 Å². The monoisotopic (exact) mass is 416 g/mol. The fourth-order valence-corrected chi connectivity index (χ4v) is 3.53. The Hall–Kier alpha value is -2.57. The number of halogens is 1. The Morgan fingerprint density at radius 1 is 1.18 bits per heavy atom. The van der Waals surface area contributed by atoms with Gasteiger partial charge in [-0.1, -0.05) is 29.8 Å². The van der Waals surface area contributed by atoms with E-state index in [0.717, 1.165) is 16.8 Å². The lowest BCUT2D eigenvalue weighted by molar-refractivity contribution is -0.114. The van der Waals surface area contributed by atoms with Crippen molar-refractivity contribution in [1.82, 2.24) is 10.6 Å². The zero-order valence-corrected chi connectivity index (χ0v) is 17.4. The first-order valence-corrected chi connectivity index (χ1v) is 9.52. The third kappa shape index (κ3) is 4.46. The van der Waals surface area contributed by atoms with Gasteiger partial charge in [-0.2, -0.15) is 0 Å². The standard InChI is InChI=1S/C21H21ClN2O3S/c1-12-19(13(2)25)20(24-21(28)23-12)15-6-9-17(18(10-15)26-3)27-11-14-4-7-16(22)8-5-14/h4-10,20H,11H2,1-3H3,(H2,23,24,28). The summed E-state index contributed by atoms with van der Waals surface area (Å²) in [7, 11) is 1.59. The summed E-state index contributed by atoms with van der Waals surface area (Å²) < 4.78 is 11.4. The minimum atomic E-state index is -0.342. The molecule has 0 radical (unpaired) electrons. The molecule has 2 aromatic carbocycles. The highest BCUT2D eigenvalue weighted by Crippen LogP contribution is 2.34. The van der Waals surface area contributed by atoms with Gasteiger partial charge in [-0.25, -0.2) is 0 Å². The van der Waals surface area contributed by atoms with E-state index in [2.05, 4.69) is 10.6 Å². The Kier molecular flexibility index (Phi) is 6.21. The van der Waals surface area contributed by atoms with Gasteiger partial charge < -0.3 is 20.1 Å².